The molecule has 0 spiro atoms. The molecule has 0 aromatic rings. The smallest absolute Gasteiger partial charge is 0.318 e. The zero-order valence-electron chi connectivity index (χ0n) is 10.7. The summed E-state index contributed by atoms with van der Waals surface area (Å²) in [6.45, 7) is 5.86. The molecule has 1 heterocycles. The van der Waals surface area contributed by atoms with Crippen LogP contribution in [0.3, 0.4) is 0 Å². The Morgan fingerprint density at radius 2 is 2.28 bits per heavy atom. The van der Waals surface area contributed by atoms with Gasteiger partial charge >= 0.3 is 5.97 Å². The molecule has 5 heteroatoms. The Labute approximate surface area is 107 Å². The number of hydrogen-bond donors (Lipinski definition) is 0. The van der Waals surface area contributed by atoms with E-state index in [1.165, 1.54) is 4.90 Å². The Kier molecular flexibility index (Phi) is 5.55. The molecule has 1 rings (SSSR count). The van der Waals surface area contributed by atoms with Gasteiger partial charge < -0.3 is 4.74 Å². The van der Waals surface area contributed by atoms with Gasteiger partial charge in [0.25, 0.3) is 0 Å². The van der Waals surface area contributed by atoms with Crippen molar-refractivity contribution in [2.24, 2.45) is 5.92 Å². The second kappa shape index (κ2) is 6.93. The molecule has 1 aliphatic heterocycles. The first kappa shape index (κ1) is 14.4. The number of rotatable bonds is 5. The van der Waals surface area contributed by atoms with E-state index in [1.807, 2.05) is 0 Å². The van der Waals surface area contributed by atoms with E-state index in [0.29, 0.717) is 25.8 Å². The quantitative estimate of drug-likeness (QED) is 0.420. The number of carbonyl (C=O) groups excluding carboxylic acids is 3. The topological polar surface area (TPSA) is 63.7 Å². The number of allylic oxidation sites excluding steroid dienone is 1. The monoisotopic (exact) mass is 253 g/mol. The number of ether oxygens (including phenoxy) is 1. The lowest BCUT2D eigenvalue weighted by atomic mass is 9.96. The third-order valence-corrected chi connectivity index (χ3v) is 2.87. The molecule has 1 saturated heterocycles. The standard InChI is InChI=1S/C13H19NO4/c1-3-5-8-11(15)14-9-6-7-10(12(14)16)13(17)18-4-2/h3,10H,1,4-9H2,2H3. The molecule has 1 unspecified atom stereocenters. The van der Waals surface area contributed by atoms with Crippen molar-refractivity contribution in [3.63, 3.8) is 0 Å². The average Bonchev–Trinajstić information content (AvgIpc) is 2.36. The Hall–Kier alpha value is -1.65. The molecule has 0 aliphatic carbocycles. The number of esters is 1. The van der Waals surface area contributed by atoms with E-state index in [4.69, 9.17) is 4.74 Å². The van der Waals surface area contributed by atoms with Crippen LogP contribution in [0.15, 0.2) is 12.7 Å². The van der Waals surface area contributed by atoms with Crippen molar-refractivity contribution in [3.8, 4) is 0 Å². The van der Waals surface area contributed by atoms with Crippen LogP contribution in [0, 0.1) is 5.92 Å². The summed E-state index contributed by atoms with van der Waals surface area (Å²) in [5.41, 5.74) is 0. The first-order valence-electron chi connectivity index (χ1n) is 6.23. The zero-order valence-corrected chi connectivity index (χ0v) is 10.7. The molecule has 0 N–H and O–H groups in total. The van der Waals surface area contributed by atoms with Crippen LogP contribution >= 0.6 is 0 Å². The van der Waals surface area contributed by atoms with Gasteiger partial charge in [-0.25, -0.2) is 0 Å². The number of likely N-dealkylation sites (tertiary alicyclic amines) is 1. The molecule has 0 saturated carbocycles. The first-order chi connectivity index (χ1) is 8.61. The van der Waals surface area contributed by atoms with Gasteiger partial charge in [0.15, 0.2) is 0 Å². The van der Waals surface area contributed by atoms with E-state index in [1.54, 1.807) is 13.0 Å². The maximum absolute atomic E-state index is 12.0. The number of hydrogen-bond acceptors (Lipinski definition) is 4. The summed E-state index contributed by atoms with van der Waals surface area (Å²) in [5.74, 6) is -2.00. The lowest BCUT2D eigenvalue weighted by Gasteiger charge is -2.29. The largest absolute Gasteiger partial charge is 0.465 e. The zero-order chi connectivity index (χ0) is 13.5. The van der Waals surface area contributed by atoms with Crippen molar-refractivity contribution in [2.75, 3.05) is 13.2 Å². The molecule has 1 aliphatic rings. The summed E-state index contributed by atoms with van der Waals surface area (Å²) < 4.78 is 4.85. The van der Waals surface area contributed by atoms with Crippen molar-refractivity contribution >= 4 is 17.8 Å². The van der Waals surface area contributed by atoms with Crippen molar-refractivity contribution in [3.05, 3.63) is 12.7 Å². The van der Waals surface area contributed by atoms with E-state index in [2.05, 4.69) is 6.58 Å². The molecule has 2 amide bonds. The number of imide groups is 1. The van der Waals surface area contributed by atoms with Crippen molar-refractivity contribution < 1.29 is 19.1 Å². The van der Waals surface area contributed by atoms with Crippen LogP contribution in [-0.2, 0) is 19.1 Å². The van der Waals surface area contributed by atoms with Crippen LogP contribution in [0.2, 0.25) is 0 Å². The highest BCUT2D eigenvalue weighted by Crippen LogP contribution is 2.20. The number of carbonyl (C=O) groups is 3. The van der Waals surface area contributed by atoms with Gasteiger partial charge in [-0.1, -0.05) is 6.08 Å². The molecular weight excluding hydrogens is 234 g/mol. The van der Waals surface area contributed by atoms with E-state index < -0.39 is 17.8 Å². The minimum atomic E-state index is -0.814. The van der Waals surface area contributed by atoms with Gasteiger partial charge in [0.1, 0.15) is 5.92 Å². The lowest BCUT2D eigenvalue weighted by molar-refractivity contribution is -0.160. The van der Waals surface area contributed by atoms with Gasteiger partial charge in [-0.3, -0.25) is 19.3 Å². The Morgan fingerprint density at radius 3 is 2.89 bits per heavy atom. The third-order valence-electron chi connectivity index (χ3n) is 2.87. The Balaban J connectivity index is 2.66. The fraction of sp³-hybridized carbons (Fsp3) is 0.615. The minimum absolute atomic E-state index is 0.242. The van der Waals surface area contributed by atoms with Gasteiger partial charge in [0.05, 0.1) is 6.61 Å². The van der Waals surface area contributed by atoms with Crippen molar-refractivity contribution in [2.45, 2.75) is 32.6 Å². The summed E-state index contributed by atoms with van der Waals surface area (Å²) in [4.78, 5) is 36.6. The molecule has 5 nitrogen and oxygen atoms in total. The highest BCUT2D eigenvalue weighted by molar-refractivity contribution is 6.05. The van der Waals surface area contributed by atoms with Gasteiger partial charge in [-0.05, 0) is 26.2 Å². The van der Waals surface area contributed by atoms with Crippen LogP contribution in [0.4, 0.5) is 0 Å². The molecule has 0 radical (unpaired) electrons. The van der Waals surface area contributed by atoms with Gasteiger partial charge in [0.2, 0.25) is 11.8 Å². The van der Waals surface area contributed by atoms with Crippen LogP contribution < -0.4 is 0 Å². The summed E-state index contributed by atoms with van der Waals surface area (Å²) in [5, 5.41) is 0. The van der Waals surface area contributed by atoms with Crippen molar-refractivity contribution in [1.29, 1.82) is 0 Å². The summed E-state index contributed by atoms with van der Waals surface area (Å²) in [6, 6.07) is 0. The molecule has 1 atom stereocenters. The molecule has 18 heavy (non-hydrogen) atoms. The maximum Gasteiger partial charge on any atom is 0.318 e. The average molecular weight is 253 g/mol. The number of piperidine rings is 1. The summed E-state index contributed by atoms with van der Waals surface area (Å²) in [7, 11) is 0. The van der Waals surface area contributed by atoms with E-state index in [-0.39, 0.29) is 18.9 Å². The summed E-state index contributed by atoms with van der Waals surface area (Å²) in [6.07, 6.45) is 3.53. The van der Waals surface area contributed by atoms with Gasteiger partial charge in [-0.2, -0.15) is 0 Å². The molecule has 0 bridgehead atoms. The highest BCUT2D eigenvalue weighted by atomic mass is 16.5. The fourth-order valence-corrected chi connectivity index (χ4v) is 1.94. The van der Waals surface area contributed by atoms with Crippen molar-refractivity contribution in [1.82, 2.24) is 4.90 Å². The van der Waals surface area contributed by atoms with Crippen LogP contribution in [0.1, 0.15) is 32.6 Å². The minimum Gasteiger partial charge on any atom is -0.465 e. The molecule has 0 aromatic heterocycles. The number of nitrogens with zero attached hydrogens (tertiary/aromatic N) is 1. The lowest BCUT2D eigenvalue weighted by Crippen LogP contribution is -2.47. The molecule has 100 valence electrons. The number of amides is 2. The van der Waals surface area contributed by atoms with E-state index in [0.717, 1.165) is 0 Å². The second-order valence-electron chi connectivity index (χ2n) is 4.16. The molecular formula is C13H19NO4. The summed E-state index contributed by atoms with van der Waals surface area (Å²) >= 11 is 0. The third kappa shape index (κ3) is 3.42. The van der Waals surface area contributed by atoms with E-state index in [9.17, 15) is 14.4 Å². The predicted octanol–water partition coefficient (Wildman–Crippen LogP) is 1.28. The molecule has 0 aromatic carbocycles. The molecule has 1 fully saturated rings. The SMILES string of the molecule is C=CCCC(=O)N1CCCC(C(=O)OCC)C1=O. The first-order valence-corrected chi connectivity index (χ1v) is 6.23. The van der Waals surface area contributed by atoms with Crippen LogP contribution in [0.25, 0.3) is 0 Å². The fourth-order valence-electron chi connectivity index (χ4n) is 1.94. The normalized spacial score (nSPS) is 19.5. The second-order valence-corrected chi connectivity index (χ2v) is 4.16. The maximum atomic E-state index is 12.0. The predicted molar refractivity (Wildman–Crippen MR) is 65.5 cm³/mol. The van der Waals surface area contributed by atoms with Gasteiger partial charge in [-0.15, -0.1) is 6.58 Å². The Bertz CT molecular complexity index is 351. The van der Waals surface area contributed by atoms with E-state index >= 15 is 0 Å². The highest BCUT2D eigenvalue weighted by Gasteiger charge is 2.37. The van der Waals surface area contributed by atoms with Gasteiger partial charge in [0, 0.05) is 13.0 Å². The van der Waals surface area contributed by atoms with Crippen LogP contribution in [-0.4, -0.2) is 35.8 Å². The van der Waals surface area contributed by atoms with Crippen LogP contribution in [0.5, 0.6) is 0 Å². The Morgan fingerprint density at radius 1 is 1.56 bits per heavy atom.